The molecular weight excluding hydrogens is 266 g/mol. The van der Waals surface area contributed by atoms with Crippen LogP contribution < -0.4 is 0 Å². The molecular formula is C17H21NOS. The number of aryl methyl sites for hydroxylation is 1. The van der Waals surface area contributed by atoms with E-state index in [-0.39, 0.29) is 12.0 Å². The van der Waals surface area contributed by atoms with E-state index in [9.17, 15) is 0 Å². The molecule has 0 aliphatic rings. The van der Waals surface area contributed by atoms with Gasteiger partial charge in [-0.25, -0.2) is 4.98 Å². The second kappa shape index (κ2) is 5.98. The van der Waals surface area contributed by atoms with Crippen molar-refractivity contribution in [3.63, 3.8) is 0 Å². The van der Waals surface area contributed by atoms with E-state index in [1.807, 2.05) is 13.0 Å². The van der Waals surface area contributed by atoms with Crippen molar-refractivity contribution >= 4 is 11.8 Å². The van der Waals surface area contributed by atoms with Crippen LogP contribution in [0, 0.1) is 6.92 Å². The fourth-order valence-corrected chi connectivity index (χ4v) is 2.77. The summed E-state index contributed by atoms with van der Waals surface area (Å²) in [7, 11) is 0. The molecule has 0 amide bonds. The molecule has 1 N–H and O–H groups in total. The summed E-state index contributed by atoms with van der Waals surface area (Å²) in [6.45, 7) is 8.72. The molecule has 0 radical (unpaired) electrons. The molecule has 106 valence electrons. The normalized spacial score (nSPS) is 11.7. The van der Waals surface area contributed by atoms with Crippen molar-refractivity contribution in [2.45, 2.75) is 49.6 Å². The van der Waals surface area contributed by atoms with Crippen LogP contribution in [0.4, 0.5) is 0 Å². The number of hydrogen-bond acceptors (Lipinski definition) is 3. The van der Waals surface area contributed by atoms with Gasteiger partial charge in [-0.3, -0.25) is 0 Å². The number of aromatic nitrogens is 1. The molecule has 0 saturated heterocycles. The molecule has 0 spiro atoms. The van der Waals surface area contributed by atoms with E-state index in [1.165, 1.54) is 10.5 Å². The summed E-state index contributed by atoms with van der Waals surface area (Å²) < 4.78 is 0. The summed E-state index contributed by atoms with van der Waals surface area (Å²) in [6.07, 6.45) is 1.73. The number of benzene rings is 1. The number of nitrogens with zero attached hydrogens (tertiary/aromatic N) is 1. The minimum absolute atomic E-state index is 0.0407. The van der Waals surface area contributed by atoms with Crippen molar-refractivity contribution < 1.29 is 5.11 Å². The lowest BCUT2D eigenvalue weighted by Crippen LogP contribution is -2.10. The Balaban J connectivity index is 2.18. The van der Waals surface area contributed by atoms with Crippen LogP contribution in [0.2, 0.25) is 0 Å². The maximum atomic E-state index is 9.10. The minimum atomic E-state index is 0.0407. The Morgan fingerprint density at radius 1 is 1.15 bits per heavy atom. The Kier molecular flexibility index (Phi) is 4.51. The van der Waals surface area contributed by atoms with Gasteiger partial charge in [0.1, 0.15) is 5.03 Å². The third-order valence-corrected chi connectivity index (χ3v) is 4.33. The Hall–Kier alpha value is -1.32. The van der Waals surface area contributed by atoms with E-state index in [0.717, 1.165) is 16.2 Å². The zero-order valence-electron chi connectivity index (χ0n) is 12.5. The fraction of sp³-hybridized carbons (Fsp3) is 0.353. The molecule has 2 nitrogen and oxygen atoms in total. The molecule has 1 heterocycles. The third-order valence-electron chi connectivity index (χ3n) is 3.20. The Morgan fingerprint density at radius 2 is 1.80 bits per heavy atom. The van der Waals surface area contributed by atoms with Crippen LogP contribution in [0.15, 0.2) is 46.5 Å². The van der Waals surface area contributed by atoms with Gasteiger partial charge in [0.15, 0.2) is 0 Å². The van der Waals surface area contributed by atoms with Gasteiger partial charge in [0.05, 0.1) is 6.61 Å². The topological polar surface area (TPSA) is 33.1 Å². The third kappa shape index (κ3) is 3.62. The lowest BCUT2D eigenvalue weighted by molar-refractivity contribution is 0.281. The lowest BCUT2D eigenvalue weighted by Gasteiger charge is -2.19. The standard InChI is InChI=1S/C17H21NOS/c1-12-9-13(11-19)10-18-16(12)20-15-7-5-14(6-8-15)17(2,3)4/h5-10,19H,11H2,1-4H3. The number of aliphatic hydroxyl groups excluding tert-OH is 1. The van der Waals surface area contributed by atoms with Crippen LogP contribution in [0.25, 0.3) is 0 Å². The summed E-state index contributed by atoms with van der Waals surface area (Å²) >= 11 is 1.66. The van der Waals surface area contributed by atoms with E-state index in [0.29, 0.717) is 0 Å². The Bertz CT molecular complexity index is 585. The molecule has 0 atom stereocenters. The predicted molar refractivity (Wildman–Crippen MR) is 84.2 cm³/mol. The van der Waals surface area contributed by atoms with Gasteiger partial charge < -0.3 is 5.11 Å². The predicted octanol–water partition coefficient (Wildman–Crippen LogP) is 4.33. The first kappa shape index (κ1) is 15.1. The van der Waals surface area contributed by atoms with Crippen LogP contribution in [0.1, 0.15) is 37.5 Å². The molecule has 0 fully saturated rings. The number of hydrogen-bond donors (Lipinski definition) is 1. The molecule has 0 aliphatic carbocycles. The summed E-state index contributed by atoms with van der Waals surface area (Å²) in [6, 6.07) is 10.6. The summed E-state index contributed by atoms with van der Waals surface area (Å²) in [4.78, 5) is 5.60. The Labute approximate surface area is 125 Å². The molecule has 0 aliphatic heterocycles. The van der Waals surface area contributed by atoms with Gasteiger partial charge in [-0.15, -0.1) is 0 Å². The van der Waals surface area contributed by atoms with Crippen molar-refractivity contribution in [1.29, 1.82) is 0 Å². The molecule has 0 unspecified atom stereocenters. The number of aliphatic hydroxyl groups is 1. The molecule has 0 saturated carbocycles. The molecule has 1 aromatic carbocycles. The summed E-state index contributed by atoms with van der Waals surface area (Å²) in [5.74, 6) is 0. The average Bonchev–Trinajstić information content (AvgIpc) is 2.40. The Morgan fingerprint density at radius 3 is 2.30 bits per heavy atom. The number of rotatable bonds is 3. The monoisotopic (exact) mass is 287 g/mol. The van der Waals surface area contributed by atoms with Crippen molar-refractivity contribution in [2.24, 2.45) is 0 Å². The van der Waals surface area contributed by atoms with Crippen molar-refractivity contribution in [3.05, 3.63) is 53.2 Å². The van der Waals surface area contributed by atoms with Crippen molar-refractivity contribution in [2.75, 3.05) is 0 Å². The van der Waals surface area contributed by atoms with Gasteiger partial charge in [-0.1, -0.05) is 44.7 Å². The van der Waals surface area contributed by atoms with E-state index in [1.54, 1.807) is 18.0 Å². The molecule has 3 heteroatoms. The molecule has 0 bridgehead atoms. The zero-order chi connectivity index (χ0) is 14.8. The van der Waals surface area contributed by atoms with E-state index in [2.05, 4.69) is 50.0 Å². The zero-order valence-corrected chi connectivity index (χ0v) is 13.3. The summed E-state index contributed by atoms with van der Waals surface area (Å²) in [5.41, 5.74) is 3.47. The second-order valence-electron chi connectivity index (χ2n) is 6.00. The highest BCUT2D eigenvalue weighted by Crippen LogP contribution is 2.31. The highest BCUT2D eigenvalue weighted by atomic mass is 32.2. The maximum absolute atomic E-state index is 9.10. The van der Waals surface area contributed by atoms with Crippen LogP contribution >= 0.6 is 11.8 Å². The quantitative estimate of drug-likeness (QED) is 0.912. The van der Waals surface area contributed by atoms with Gasteiger partial charge in [-0.05, 0) is 47.2 Å². The maximum Gasteiger partial charge on any atom is 0.104 e. The highest BCUT2D eigenvalue weighted by molar-refractivity contribution is 7.99. The number of pyridine rings is 1. The van der Waals surface area contributed by atoms with Gasteiger partial charge in [0.25, 0.3) is 0 Å². The van der Waals surface area contributed by atoms with Crippen molar-refractivity contribution in [3.8, 4) is 0 Å². The SMILES string of the molecule is Cc1cc(CO)cnc1Sc1ccc(C(C)(C)C)cc1. The van der Waals surface area contributed by atoms with E-state index < -0.39 is 0 Å². The summed E-state index contributed by atoms with van der Waals surface area (Å²) in [5, 5.41) is 10.1. The fourth-order valence-electron chi connectivity index (χ4n) is 1.95. The van der Waals surface area contributed by atoms with E-state index >= 15 is 0 Å². The highest BCUT2D eigenvalue weighted by Gasteiger charge is 2.13. The first-order valence-electron chi connectivity index (χ1n) is 6.75. The van der Waals surface area contributed by atoms with Gasteiger partial charge in [0.2, 0.25) is 0 Å². The van der Waals surface area contributed by atoms with Crippen LogP contribution in [0.5, 0.6) is 0 Å². The van der Waals surface area contributed by atoms with Crippen molar-refractivity contribution in [1.82, 2.24) is 4.98 Å². The van der Waals surface area contributed by atoms with Gasteiger partial charge >= 0.3 is 0 Å². The minimum Gasteiger partial charge on any atom is -0.392 e. The van der Waals surface area contributed by atoms with E-state index in [4.69, 9.17) is 5.11 Å². The first-order chi connectivity index (χ1) is 9.40. The molecule has 2 rings (SSSR count). The largest absolute Gasteiger partial charge is 0.392 e. The van der Waals surface area contributed by atoms with Crippen LogP contribution in [-0.4, -0.2) is 10.1 Å². The van der Waals surface area contributed by atoms with Gasteiger partial charge in [-0.2, -0.15) is 0 Å². The van der Waals surface area contributed by atoms with Gasteiger partial charge in [0, 0.05) is 11.1 Å². The molecule has 2 aromatic rings. The average molecular weight is 287 g/mol. The lowest BCUT2D eigenvalue weighted by atomic mass is 9.87. The van der Waals surface area contributed by atoms with Crippen LogP contribution in [-0.2, 0) is 12.0 Å². The smallest absolute Gasteiger partial charge is 0.104 e. The van der Waals surface area contributed by atoms with Crippen LogP contribution in [0.3, 0.4) is 0 Å². The first-order valence-corrected chi connectivity index (χ1v) is 7.56. The second-order valence-corrected chi connectivity index (χ2v) is 7.06. The molecule has 1 aromatic heterocycles. The molecule has 20 heavy (non-hydrogen) atoms.